The number of ether oxygens (including phenoxy) is 1. The van der Waals surface area contributed by atoms with Gasteiger partial charge in [-0.15, -0.1) is 24.0 Å². The third-order valence-corrected chi connectivity index (χ3v) is 4.06. The summed E-state index contributed by atoms with van der Waals surface area (Å²) in [6.45, 7) is 3.58. The summed E-state index contributed by atoms with van der Waals surface area (Å²) >= 11 is 0. The fourth-order valence-electron chi connectivity index (χ4n) is 2.55. The number of hydrogen-bond acceptors (Lipinski definition) is 2. The molecule has 0 bridgehead atoms. The summed E-state index contributed by atoms with van der Waals surface area (Å²) in [4.78, 5) is 4.24. The molecule has 0 heterocycles. The second kappa shape index (κ2) is 8.38. The van der Waals surface area contributed by atoms with E-state index in [1.807, 2.05) is 24.3 Å². The minimum Gasteiger partial charge on any atom is -0.491 e. The van der Waals surface area contributed by atoms with Gasteiger partial charge in [0.05, 0.1) is 6.54 Å². The third kappa shape index (κ3) is 4.73. The fraction of sp³-hybridized carbons (Fsp3) is 0.389. The minimum absolute atomic E-state index is 0. The number of benzene rings is 2. The standard InChI is InChI=1S/C18H23N3O.HI/c1-13-12-16(13)21-18(19-2)20-10-11-22-17-9-5-7-14-6-3-4-8-15(14)17;/h3-9,13,16H,10-12H2,1-2H3,(H2,19,20,21);1H. The first-order valence-electron chi connectivity index (χ1n) is 7.85. The van der Waals surface area contributed by atoms with Crippen molar-refractivity contribution in [2.75, 3.05) is 20.2 Å². The molecule has 0 amide bonds. The van der Waals surface area contributed by atoms with E-state index >= 15 is 0 Å². The minimum atomic E-state index is 0. The second-order valence-corrected chi connectivity index (χ2v) is 5.79. The lowest BCUT2D eigenvalue weighted by Gasteiger charge is -2.13. The van der Waals surface area contributed by atoms with Crippen molar-refractivity contribution in [3.05, 3.63) is 42.5 Å². The number of hydrogen-bond donors (Lipinski definition) is 2. The summed E-state index contributed by atoms with van der Waals surface area (Å²) in [5, 5.41) is 9.05. The number of fused-ring (bicyclic) bond motifs is 1. The van der Waals surface area contributed by atoms with Crippen molar-refractivity contribution in [1.29, 1.82) is 0 Å². The molecule has 2 aromatic carbocycles. The molecule has 3 rings (SSSR count). The molecule has 0 spiro atoms. The molecule has 124 valence electrons. The van der Waals surface area contributed by atoms with E-state index in [-0.39, 0.29) is 24.0 Å². The summed E-state index contributed by atoms with van der Waals surface area (Å²) in [7, 11) is 1.80. The molecule has 23 heavy (non-hydrogen) atoms. The van der Waals surface area contributed by atoms with E-state index in [0.717, 1.165) is 29.6 Å². The van der Waals surface area contributed by atoms with Crippen LogP contribution in [0.4, 0.5) is 0 Å². The van der Waals surface area contributed by atoms with Crippen molar-refractivity contribution in [3.63, 3.8) is 0 Å². The maximum Gasteiger partial charge on any atom is 0.191 e. The van der Waals surface area contributed by atoms with Gasteiger partial charge in [-0.1, -0.05) is 43.3 Å². The van der Waals surface area contributed by atoms with Gasteiger partial charge in [0, 0.05) is 18.5 Å². The topological polar surface area (TPSA) is 45.7 Å². The van der Waals surface area contributed by atoms with Crippen LogP contribution in [-0.4, -0.2) is 32.2 Å². The van der Waals surface area contributed by atoms with Gasteiger partial charge in [-0.05, 0) is 23.8 Å². The number of nitrogens with zero attached hydrogens (tertiary/aromatic N) is 1. The Morgan fingerprint density at radius 2 is 1.96 bits per heavy atom. The van der Waals surface area contributed by atoms with Gasteiger partial charge in [0.25, 0.3) is 0 Å². The van der Waals surface area contributed by atoms with E-state index in [4.69, 9.17) is 4.74 Å². The zero-order valence-electron chi connectivity index (χ0n) is 13.6. The zero-order chi connectivity index (χ0) is 15.4. The maximum absolute atomic E-state index is 5.91. The van der Waals surface area contributed by atoms with E-state index in [0.29, 0.717) is 12.6 Å². The van der Waals surface area contributed by atoms with Crippen LogP contribution in [0.2, 0.25) is 0 Å². The molecule has 2 unspecified atom stereocenters. The van der Waals surface area contributed by atoms with Crippen molar-refractivity contribution in [1.82, 2.24) is 10.6 Å². The van der Waals surface area contributed by atoms with Crippen LogP contribution < -0.4 is 15.4 Å². The third-order valence-electron chi connectivity index (χ3n) is 4.06. The maximum atomic E-state index is 5.91. The van der Waals surface area contributed by atoms with Crippen LogP contribution in [0.5, 0.6) is 5.75 Å². The van der Waals surface area contributed by atoms with Gasteiger partial charge in [-0.2, -0.15) is 0 Å². The van der Waals surface area contributed by atoms with Gasteiger partial charge >= 0.3 is 0 Å². The molecule has 0 aliphatic heterocycles. The molecular formula is C18H24IN3O. The van der Waals surface area contributed by atoms with Gasteiger partial charge in [-0.25, -0.2) is 0 Å². The Kier molecular flexibility index (Phi) is 6.50. The van der Waals surface area contributed by atoms with Crippen LogP contribution in [0, 0.1) is 5.92 Å². The SMILES string of the molecule is CN=C(NCCOc1cccc2ccccc12)NC1CC1C.I. The number of guanidine groups is 1. The highest BCUT2D eigenvalue weighted by atomic mass is 127. The zero-order valence-corrected chi connectivity index (χ0v) is 15.9. The van der Waals surface area contributed by atoms with E-state index < -0.39 is 0 Å². The number of rotatable bonds is 5. The van der Waals surface area contributed by atoms with Crippen LogP contribution in [0.15, 0.2) is 47.5 Å². The summed E-state index contributed by atoms with van der Waals surface area (Å²) in [6.07, 6.45) is 1.23. The van der Waals surface area contributed by atoms with Crippen LogP contribution >= 0.6 is 24.0 Å². The van der Waals surface area contributed by atoms with Gasteiger partial charge in [0.1, 0.15) is 12.4 Å². The largest absolute Gasteiger partial charge is 0.491 e. The van der Waals surface area contributed by atoms with Crippen LogP contribution in [0.25, 0.3) is 10.8 Å². The molecule has 1 saturated carbocycles. The van der Waals surface area contributed by atoms with Crippen molar-refractivity contribution in [2.24, 2.45) is 10.9 Å². The number of aliphatic imine (C=N–C) groups is 1. The predicted molar refractivity (Wildman–Crippen MR) is 107 cm³/mol. The summed E-state index contributed by atoms with van der Waals surface area (Å²) in [5.74, 6) is 2.54. The monoisotopic (exact) mass is 425 g/mol. The Morgan fingerprint density at radius 1 is 1.22 bits per heavy atom. The molecule has 2 aromatic rings. The fourth-order valence-corrected chi connectivity index (χ4v) is 2.55. The Bertz CT molecular complexity index is 669. The van der Waals surface area contributed by atoms with E-state index in [1.165, 1.54) is 11.8 Å². The summed E-state index contributed by atoms with van der Waals surface area (Å²) in [6, 6.07) is 15.0. The molecule has 1 aliphatic rings. The van der Waals surface area contributed by atoms with E-state index in [9.17, 15) is 0 Å². The summed E-state index contributed by atoms with van der Waals surface area (Å²) < 4.78 is 5.91. The van der Waals surface area contributed by atoms with Gasteiger partial charge < -0.3 is 15.4 Å². The van der Waals surface area contributed by atoms with Crippen molar-refractivity contribution >= 4 is 40.7 Å². The average Bonchev–Trinajstić information content (AvgIpc) is 3.25. The van der Waals surface area contributed by atoms with E-state index in [1.54, 1.807) is 7.05 Å². The Balaban J connectivity index is 0.00000192. The predicted octanol–water partition coefficient (Wildman–Crippen LogP) is 3.41. The average molecular weight is 425 g/mol. The second-order valence-electron chi connectivity index (χ2n) is 5.79. The first kappa shape index (κ1) is 17.8. The molecule has 2 N–H and O–H groups in total. The molecule has 5 heteroatoms. The smallest absolute Gasteiger partial charge is 0.191 e. The molecule has 0 saturated heterocycles. The van der Waals surface area contributed by atoms with Gasteiger partial charge in [0.15, 0.2) is 5.96 Å². The molecule has 0 aromatic heterocycles. The lowest BCUT2D eigenvalue weighted by atomic mass is 10.1. The van der Waals surface area contributed by atoms with Crippen LogP contribution in [-0.2, 0) is 0 Å². The van der Waals surface area contributed by atoms with Crippen LogP contribution in [0.1, 0.15) is 13.3 Å². The lowest BCUT2D eigenvalue weighted by Crippen LogP contribution is -2.40. The Hall–Kier alpha value is -1.50. The van der Waals surface area contributed by atoms with Gasteiger partial charge in [0.2, 0.25) is 0 Å². The number of nitrogens with one attached hydrogen (secondary N) is 2. The van der Waals surface area contributed by atoms with E-state index in [2.05, 4.69) is 40.7 Å². The summed E-state index contributed by atoms with van der Waals surface area (Å²) in [5.41, 5.74) is 0. The number of halogens is 1. The Morgan fingerprint density at radius 3 is 2.70 bits per heavy atom. The highest BCUT2D eigenvalue weighted by Gasteiger charge is 2.33. The Labute approximate surface area is 154 Å². The molecule has 0 radical (unpaired) electrons. The highest BCUT2D eigenvalue weighted by Crippen LogP contribution is 2.28. The van der Waals surface area contributed by atoms with Gasteiger partial charge in [-0.3, -0.25) is 4.99 Å². The quantitative estimate of drug-likeness (QED) is 0.334. The van der Waals surface area contributed by atoms with Crippen LogP contribution in [0.3, 0.4) is 0 Å². The molecule has 1 fully saturated rings. The normalized spacial score (nSPS) is 19.8. The lowest BCUT2D eigenvalue weighted by molar-refractivity contribution is 0.325. The molecule has 4 nitrogen and oxygen atoms in total. The molecule has 1 aliphatic carbocycles. The van der Waals surface area contributed by atoms with Crippen molar-refractivity contribution in [2.45, 2.75) is 19.4 Å². The molecular weight excluding hydrogens is 401 g/mol. The van der Waals surface area contributed by atoms with Crippen molar-refractivity contribution in [3.8, 4) is 5.75 Å². The first-order valence-corrected chi connectivity index (χ1v) is 7.85. The highest BCUT2D eigenvalue weighted by molar-refractivity contribution is 14.0. The molecule has 2 atom stereocenters. The first-order chi connectivity index (χ1) is 10.8. The van der Waals surface area contributed by atoms with Crippen molar-refractivity contribution < 1.29 is 4.74 Å².